The highest BCUT2D eigenvalue weighted by Crippen LogP contribution is 2.24. The van der Waals surface area contributed by atoms with Gasteiger partial charge in [-0.15, -0.1) is 11.3 Å². The third-order valence-corrected chi connectivity index (χ3v) is 6.46. The van der Waals surface area contributed by atoms with Gasteiger partial charge in [-0.1, -0.05) is 30.3 Å². The lowest BCUT2D eigenvalue weighted by molar-refractivity contribution is -0.153. The van der Waals surface area contributed by atoms with Gasteiger partial charge in [0.1, 0.15) is 17.1 Å². The van der Waals surface area contributed by atoms with E-state index in [4.69, 9.17) is 4.98 Å². The van der Waals surface area contributed by atoms with Gasteiger partial charge >= 0.3 is 0 Å². The van der Waals surface area contributed by atoms with Crippen LogP contribution in [0, 0.1) is 0 Å². The number of aromatic nitrogens is 3. The average Bonchev–Trinajstić information content (AvgIpc) is 3.45. The summed E-state index contributed by atoms with van der Waals surface area (Å²) in [7, 11) is 0. The number of aromatic amines is 1. The van der Waals surface area contributed by atoms with E-state index in [2.05, 4.69) is 37.7 Å². The summed E-state index contributed by atoms with van der Waals surface area (Å²) in [6.45, 7) is 2.48. The fourth-order valence-electron chi connectivity index (χ4n) is 4.07. The Balaban J connectivity index is 1.23. The Labute approximate surface area is 177 Å². The standard InChI is InChI=1S/C21H22N6O2S/c28-20-18-10-26(11-19-24-17(12-30-19)14-4-2-1-3-5-14)6-7-27(18)21(29)16(25-20)8-15-9-22-13-23-15/h1-5,9,12-13,16,18H,6-8,10-11H2,(H,22,23)(H,25,28)/t16-,18+/m0/s1. The zero-order valence-corrected chi connectivity index (χ0v) is 17.1. The second-order valence-electron chi connectivity index (χ2n) is 7.62. The number of carbonyl (C=O) groups is 2. The van der Waals surface area contributed by atoms with E-state index in [1.165, 1.54) is 0 Å². The van der Waals surface area contributed by atoms with E-state index in [1.807, 2.05) is 18.2 Å². The molecule has 2 aliphatic rings. The molecular formula is C21H22N6O2S. The van der Waals surface area contributed by atoms with Crippen LogP contribution in [0.15, 0.2) is 48.2 Å². The SMILES string of the molecule is O=C1N[C@@H](Cc2cnc[nH]2)C(=O)N2CCN(Cc3nc(-c4ccccc4)cs3)C[C@H]12. The minimum atomic E-state index is -0.534. The Morgan fingerprint density at radius 3 is 2.83 bits per heavy atom. The van der Waals surface area contributed by atoms with Crippen molar-refractivity contribution < 1.29 is 9.59 Å². The molecule has 2 aromatic heterocycles. The molecule has 2 aliphatic heterocycles. The maximum atomic E-state index is 12.9. The zero-order chi connectivity index (χ0) is 20.5. The Kier molecular flexibility index (Phi) is 5.06. The topological polar surface area (TPSA) is 94.2 Å². The molecule has 0 spiro atoms. The lowest BCUT2D eigenvalue weighted by Crippen LogP contribution is -2.69. The summed E-state index contributed by atoms with van der Waals surface area (Å²) in [5.41, 5.74) is 2.91. The molecule has 2 fully saturated rings. The molecule has 5 rings (SSSR count). The predicted octanol–water partition coefficient (Wildman–Crippen LogP) is 1.29. The van der Waals surface area contributed by atoms with E-state index >= 15 is 0 Å². The van der Waals surface area contributed by atoms with Crippen LogP contribution in [-0.4, -0.2) is 68.3 Å². The normalized spacial score (nSPS) is 22.1. The predicted molar refractivity (Wildman–Crippen MR) is 113 cm³/mol. The van der Waals surface area contributed by atoms with Gasteiger partial charge in [-0.25, -0.2) is 9.97 Å². The average molecular weight is 423 g/mol. The van der Waals surface area contributed by atoms with Crippen LogP contribution in [0.4, 0.5) is 0 Å². The molecule has 3 aromatic rings. The molecule has 1 aromatic carbocycles. The van der Waals surface area contributed by atoms with Crippen LogP contribution in [0.25, 0.3) is 11.3 Å². The first-order valence-electron chi connectivity index (χ1n) is 9.97. The molecule has 2 N–H and O–H groups in total. The number of hydrogen-bond acceptors (Lipinski definition) is 6. The lowest BCUT2D eigenvalue weighted by atomic mass is 10.0. The molecule has 9 heteroatoms. The highest BCUT2D eigenvalue weighted by Gasteiger charge is 2.43. The minimum Gasteiger partial charge on any atom is -0.348 e. The number of imidazole rings is 1. The lowest BCUT2D eigenvalue weighted by Gasteiger charge is -2.45. The van der Waals surface area contributed by atoms with E-state index in [-0.39, 0.29) is 11.8 Å². The fraction of sp³-hybridized carbons (Fsp3) is 0.333. The molecule has 4 heterocycles. The van der Waals surface area contributed by atoms with Crippen molar-refractivity contribution >= 4 is 23.2 Å². The third-order valence-electron chi connectivity index (χ3n) is 5.62. The van der Waals surface area contributed by atoms with Crippen LogP contribution in [0.3, 0.4) is 0 Å². The number of nitrogens with zero attached hydrogens (tertiary/aromatic N) is 4. The Morgan fingerprint density at radius 1 is 1.17 bits per heavy atom. The molecule has 0 aliphatic carbocycles. The molecule has 0 unspecified atom stereocenters. The first kappa shape index (κ1) is 19.0. The summed E-state index contributed by atoms with van der Waals surface area (Å²) >= 11 is 1.63. The van der Waals surface area contributed by atoms with Crippen molar-refractivity contribution in [2.24, 2.45) is 0 Å². The van der Waals surface area contributed by atoms with Crippen molar-refractivity contribution in [1.82, 2.24) is 30.1 Å². The Bertz CT molecular complexity index is 1030. The maximum absolute atomic E-state index is 12.9. The number of H-pyrrole nitrogens is 1. The van der Waals surface area contributed by atoms with Gasteiger partial charge in [0.15, 0.2) is 0 Å². The summed E-state index contributed by atoms with van der Waals surface area (Å²) in [6.07, 6.45) is 3.69. The quantitative estimate of drug-likeness (QED) is 0.646. The molecule has 30 heavy (non-hydrogen) atoms. The number of carbonyl (C=O) groups excluding carboxylic acids is 2. The van der Waals surface area contributed by atoms with Crippen LogP contribution < -0.4 is 5.32 Å². The summed E-state index contributed by atoms with van der Waals surface area (Å²) < 4.78 is 0. The number of piperazine rings is 2. The monoisotopic (exact) mass is 422 g/mol. The smallest absolute Gasteiger partial charge is 0.246 e. The molecule has 154 valence electrons. The van der Waals surface area contributed by atoms with Crippen molar-refractivity contribution in [3.8, 4) is 11.3 Å². The van der Waals surface area contributed by atoms with Gasteiger partial charge in [-0.2, -0.15) is 0 Å². The first-order valence-corrected chi connectivity index (χ1v) is 10.9. The Hall–Kier alpha value is -3.04. The molecular weight excluding hydrogens is 400 g/mol. The second-order valence-corrected chi connectivity index (χ2v) is 8.56. The summed E-state index contributed by atoms with van der Waals surface area (Å²) in [5.74, 6) is -0.109. The van der Waals surface area contributed by atoms with Crippen molar-refractivity contribution in [3.63, 3.8) is 0 Å². The van der Waals surface area contributed by atoms with Gasteiger partial charge in [0.05, 0.1) is 18.6 Å². The minimum absolute atomic E-state index is 0.0190. The van der Waals surface area contributed by atoms with E-state index in [1.54, 1.807) is 28.8 Å². The molecule has 0 saturated carbocycles. The number of thiazole rings is 1. The van der Waals surface area contributed by atoms with E-state index in [0.717, 1.165) is 28.5 Å². The fourth-order valence-corrected chi connectivity index (χ4v) is 4.92. The highest BCUT2D eigenvalue weighted by atomic mass is 32.1. The number of fused-ring (bicyclic) bond motifs is 1. The molecule has 2 amide bonds. The number of hydrogen-bond donors (Lipinski definition) is 2. The van der Waals surface area contributed by atoms with Crippen LogP contribution in [-0.2, 0) is 22.6 Å². The van der Waals surface area contributed by atoms with Crippen LogP contribution in [0.1, 0.15) is 10.7 Å². The summed E-state index contributed by atoms with van der Waals surface area (Å²) in [4.78, 5) is 41.3. The first-order chi connectivity index (χ1) is 14.7. The van der Waals surface area contributed by atoms with E-state index in [9.17, 15) is 9.59 Å². The van der Waals surface area contributed by atoms with Crippen LogP contribution in [0.5, 0.6) is 0 Å². The Morgan fingerprint density at radius 2 is 2.03 bits per heavy atom. The number of benzene rings is 1. The number of nitrogens with one attached hydrogen (secondary N) is 2. The largest absolute Gasteiger partial charge is 0.348 e. The molecule has 0 radical (unpaired) electrons. The van der Waals surface area contributed by atoms with Gasteiger partial charge in [0, 0.05) is 48.9 Å². The van der Waals surface area contributed by atoms with Gasteiger partial charge in [0.25, 0.3) is 0 Å². The van der Waals surface area contributed by atoms with Gasteiger partial charge < -0.3 is 15.2 Å². The van der Waals surface area contributed by atoms with Crippen molar-refractivity contribution in [1.29, 1.82) is 0 Å². The molecule has 0 bridgehead atoms. The summed E-state index contributed by atoms with van der Waals surface area (Å²) in [5, 5.41) is 5.98. The zero-order valence-electron chi connectivity index (χ0n) is 16.3. The van der Waals surface area contributed by atoms with Crippen molar-refractivity contribution in [2.45, 2.75) is 25.0 Å². The van der Waals surface area contributed by atoms with Gasteiger partial charge in [0.2, 0.25) is 11.8 Å². The third kappa shape index (κ3) is 3.73. The van der Waals surface area contributed by atoms with Gasteiger partial charge in [-0.05, 0) is 0 Å². The van der Waals surface area contributed by atoms with Crippen molar-refractivity contribution in [2.75, 3.05) is 19.6 Å². The molecule has 2 atom stereocenters. The van der Waals surface area contributed by atoms with Gasteiger partial charge in [-0.3, -0.25) is 14.5 Å². The second kappa shape index (κ2) is 8.00. The summed E-state index contributed by atoms with van der Waals surface area (Å²) in [6, 6.07) is 9.13. The molecule has 2 saturated heterocycles. The molecule has 8 nitrogen and oxygen atoms in total. The van der Waals surface area contributed by atoms with Crippen LogP contribution >= 0.6 is 11.3 Å². The number of amides is 2. The van der Waals surface area contributed by atoms with E-state index in [0.29, 0.717) is 26.1 Å². The maximum Gasteiger partial charge on any atom is 0.246 e. The number of rotatable bonds is 5. The van der Waals surface area contributed by atoms with Crippen molar-refractivity contribution in [3.05, 3.63) is 58.9 Å². The van der Waals surface area contributed by atoms with Crippen LogP contribution in [0.2, 0.25) is 0 Å². The highest BCUT2D eigenvalue weighted by molar-refractivity contribution is 7.09. The van der Waals surface area contributed by atoms with E-state index < -0.39 is 12.1 Å².